The molecule has 0 spiro atoms. The summed E-state index contributed by atoms with van der Waals surface area (Å²) in [5.41, 5.74) is 6.43. The molecule has 0 atom stereocenters. The fourth-order valence-electron chi connectivity index (χ4n) is 3.58. The van der Waals surface area contributed by atoms with E-state index in [1.807, 2.05) is 48.7 Å². The molecule has 144 valence electrons. The maximum absolute atomic E-state index is 9.17. The highest BCUT2D eigenvalue weighted by Gasteiger charge is 2.12. The summed E-state index contributed by atoms with van der Waals surface area (Å²) >= 11 is 0. The van der Waals surface area contributed by atoms with Crippen LogP contribution in [0.5, 0.6) is 0 Å². The minimum atomic E-state index is -0.0534. The van der Waals surface area contributed by atoms with Gasteiger partial charge in [0.25, 0.3) is 0 Å². The molecule has 30 heavy (non-hydrogen) atoms. The Bertz CT molecular complexity index is 1130. The van der Waals surface area contributed by atoms with Crippen LogP contribution in [0.4, 0.5) is 0 Å². The minimum Gasteiger partial charge on any atom is -0.280 e. The van der Waals surface area contributed by atoms with Crippen LogP contribution in [0.25, 0.3) is 0 Å². The molecule has 0 N–H and O–H groups in total. The lowest BCUT2D eigenvalue weighted by atomic mass is 9.98. The van der Waals surface area contributed by atoms with Gasteiger partial charge in [-0.1, -0.05) is 97.1 Å². The fourth-order valence-corrected chi connectivity index (χ4v) is 3.58. The largest absolute Gasteiger partial charge is 0.280 e. The highest BCUT2D eigenvalue weighted by atomic mass is 14.8. The molecule has 0 bridgehead atoms. The van der Waals surface area contributed by atoms with Gasteiger partial charge in [0.15, 0.2) is 0 Å². The second-order valence-electron chi connectivity index (χ2n) is 7.19. The third kappa shape index (κ3) is 4.71. The van der Waals surface area contributed by atoms with E-state index in [2.05, 4.69) is 72.8 Å². The van der Waals surface area contributed by atoms with Gasteiger partial charge >= 0.3 is 0 Å². The van der Waals surface area contributed by atoms with Crippen LogP contribution >= 0.6 is 0 Å². The van der Waals surface area contributed by atoms with Crippen molar-refractivity contribution in [3.05, 3.63) is 143 Å². The van der Waals surface area contributed by atoms with Crippen molar-refractivity contribution < 1.29 is 0 Å². The van der Waals surface area contributed by atoms with Gasteiger partial charge in [-0.05, 0) is 46.4 Å². The van der Waals surface area contributed by atoms with Gasteiger partial charge in [0.1, 0.15) is 0 Å². The third-order valence-corrected chi connectivity index (χ3v) is 5.10. The Kier molecular flexibility index (Phi) is 6.13. The van der Waals surface area contributed by atoms with Gasteiger partial charge in [0.2, 0.25) is 0 Å². The molecule has 2 heteroatoms. The quantitative estimate of drug-likeness (QED) is 0.355. The topological polar surface area (TPSA) is 36.1 Å². The summed E-state index contributed by atoms with van der Waals surface area (Å²) in [7, 11) is 0. The number of nitriles is 1. The molecule has 4 rings (SSSR count). The number of nitrogens with zero attached hydrogens (tertiary/aromatic N) is 2. The summed E-state index contributed by atoms with van der Waals surface area (Å²) in [6.45, 7) is 0. The van der Waals surface area contributed by atoms with Gasteiger partial charge < -0.3 is 0 Å². The molecule has 2 nitrogen and oxygen atoms in total. The van der Waals surface area contributed by atoms with Gasteiger partial charge in [-0.25, -0.2) is 0 Å². The minimum absolute atomic E-state index is 0.0534. The number of aliphatic imine (C=N–C) groups is 1. The second kappa shape index (κ2) is 9.49. The first-order chi connectivity index (χ1) is 14.8. The van der Waals surface area contributed by atoms with E-state index in [9.17, 15) is 5.26 Å². The zero-order valence-corrected chi connectivity index (χ0v) is 16.6. The van der Waals surface area contributed by atoms with Crippen LogP contribution in [0.3, 0.4) is 0 Å². The highest BCUT2D eigenvalue weighted by Crippen LogP contribution is 2.26. The summed E-state index contributed by atoms with van der Waals surface area (Å²) in [5.74, 6) is 0. The molecule has 0 aliphatic heterocycles. The normalized spacial score (nSPS) is 10.9. The van der Waals surface area contributed by atoms with Crippen molar-refractivity contribution in [1.29, 1.82) is 5.26 Å². The van der Waals surface area contributed by atoms with Crippen molar-refractivity contribution in [3.8, 4) is 6.07 Å². The number of rotatable bonds is 6. The van der Waals surface area contributed by atoms with Gasteiger partial charge in [-0.15, -0.1) is 0 Å². The first-order valence-corrected chi connectivity index (χ1v) is 10.0. The molecule has 0 saturated heterocycles. The van der Waals surface area contributed by atoms with E-state index >= 15 is 0 Å². The molecule has 0 fully saturated rings. The predicted octanol–water partition coefficient (Wildman–Crippen LogP) is 6.36. The van der Waals surface area contributed by atoms with E-state index in [4.69, 9.17) is 4.99 Å². The van der Waals surface area contributed by atoms with Crippen LogP contribution in [0.2, 0.25) is 0 Å². The van der Waals surface area contributed by atoms with Gasteiger partial charge in [0.05, 0.1) is 17.7 Å². The third-order valence-electron chi connectivity index (χ3n) is 5.10. The molecular formula is C28H22N2. The van der Waals surface area contributed by atoms with Crippen LogP contribution in [-0.2, 0) is 6.42 Å². The summed E-state index contributed by atoms with van der Waals surface area (Å²) in [5, 5.41) is 9.17. The predicted molar refractivity (Wildman–Crippen MR) is 123 cm³/mol. The second-order valence-corrected chi connectivity index (χ2v) is 7.19. The molecule has 0 unspecified atom stereocenters. The van der Waals surface area contributed by atoms with Gasteiger partial charge in [0, 0.05) is 6.21 Å². The lowest BCUT2D eigenvalue weighted by Gasteiger charge is -2.14. The maximum atomic E-state index is 9.17. The molecule has 4 aromatic carbocycles. The van der Waals surface area contributed by atoms with Crippen LogP contribution in [0, 0.1) is 11.3 Å². The first kappa shape index (κ1) is 19.4. The van der Waals surface area contributed by atoms with E-state index in [1.165, 1.54) is 16.7 Å². The van der Waals surface area contributed by atoms with Crippen molar-refractivity contribution in [3.63, 3.8) is 0 Å². The average Bonchev–Trinajstić information content (AvgIpc) is 2.82. The van der Waals surface area contributed by atoms with E-state index in [0.29, 0.717) is 5.56 Å². The summed E-state index contributed by atoms with van der Waals surface area (Å²) in [6.07, 6.45) is 2.74. The zero-order valence-electron chi connectivity index (χ0n) is 16.6. The van der Waals surface area contributed by atoms with Crippen LogP contribution in [0.1, 0.15) is 39.4 Å². The zero-order chi connectivity index (χ0) is 20.6. The Morgan fingerprint density at radius 3 is 2.03 bits per heavy atom. The standard InChI is InChI=1S/C28H22N2/c29-20-23-11-9-10-22(18-23)19-26-16-7-8-17-27(26)21-30-28(24-12-3-1-4-13-24)25-14-5-2-6-15-25/h1-18,21,28H,19H2/b30-21-. The highest BCUT2D eigenvalue weighted by molar-refractivity contribution is 5.82. The Labute approximate surface area is 177 Å². The van der Waals surface area contributed by atoms with E-state index in [0.717, 1.165) is 17.5 Å². The molecule has 0 saturated carbocycles. The Morgan fingerprint density at radius 2 is 1.37 bits per heavy atom. The lowest BCUT2D eigenvalue weighted by Crippen LogP contribution is -2.00. The van der Waals surface area contributed by atoms with E-state index < -0.39 is 0 Å². The number of benzene rings is 4. The molecule has 0 aliphatic carbocycles. The average molecular weight is 386 g/mol. The van der Waals surface area contributed by atoms with Crippen molar-refractivity contribution >= 4 is 6.21 Å². The van der Waals surface area contributed by atoms with Gasteiger partial charge in [-0.3, -0.25) is 4.99 Å². The molecule has 0 heterocycles. The van der Waals surface area contributed by atoms with E-state index in [-0.39, 0.29) is 6.04 Å². The summed E-state index contributed by atoms with van der Waals surface area (Å²) in [6, 6.07) is 39.0. The van der Waals surface area contributed by atoms with Crippen molar-refractivity contribution in [2.45, 2.75) is 12.5 Å². The fraction of sp³-hybridized carbons (Fsp3) is 0.0714. The molecule has 0 amide bonds. The van der Waals surface area contributed by atoms with Crippen LogP contribution < -0.4 is 0 Å². The lowest BCUT2D eigenvalue weighted by molar-refractivity contribution is 0.878. The smallest absolute Gasteiger partial charge is 0.0999 e. The van der Waals surface area contributed by atoms with Crippen molar-refractivity contribution in [2.24, 2.45) is 4.99 Å². The van der Waals surface area contributed by atoms with Crippen molar-refractivity contribution in [2.75, 3.05) is 0 Å². The molecule has 0 aliphatic rings. The Balaban J connectivity index is 1.66. The van der Waals surface area contributed by atoms with Crippen LogP contribution in [-0.4, -0.2) is 6.21 Å². The van der Waals surface area contributed by atoms with E-state index in [1.54, 1.807) is 0 Å². The molecule has 0 radical (unpaired) electrons. The first-order valence-electron chi connectivity index (χ1n) is 10.0. The number of hydrogen-bond acceptors (Lipinski definition) is 2. The SMILES string of the molecule is N#Cc1cccc(Cc2ccccc2/C=N\C(c2ccccc2)c2ccccc2)c1. The maximum Gasteiger partial charge on any atom is 0.0999 e. The van der Waals surface area contributed by atoms with Crippen LogP contribution in [0.15, 0.2) is 114 Å². The number of hydrogen-bond donors (Lipinski definition) is 0. The van der Waals surface area contributed by atoms with Crippen molar-refractivity contribution in [1.82, 2.24) is 0 Å². The van der Waals surface area contributed by atoms with Gasteiger partial charge in [-0.2, -0.15) is 5.26 Å². The Morgan fingerprint density at radius 1 is 0.733 bits per heavy atom. The Hall–Kier alpha value is -3.96. The summed E-state index contributed by atoms with van der Waals surface area (Å²) < 4.78 is 0. The molecule has 4 aromatic rings. The summed E-state index contributed by atoms with van der Waals surface area (Å²) in [4.78, 5) is 4.99. The monoisotopic (exact) mass is 386 g/mol. The molecule has 0 aromatic heterocycles. The molecular weight excluding hydrogens is 364 g/mol.